The van der Waals surface area contributed by atoms with Gasteiger partial charge in [-0.3, -0.25) is 14.7 Å². The monoisotopic (exact) mass is 385 g/mol. The van der Waals surface area contributed by atoms with Crippen molar-refractivity contribution < 1.29 is 9.90 Å². The summed E-state index contributed by atoms with van der Waals surface area (Å²) in [6.45, 7) is 4.88. The predicted octanol–water partition coefficient (Wildman–Crippen LogP) is 2.48. The van der Waals surface area contributed by atoms with Crippen molar-refractivity contribution in [3.63, 3.8) is 0 Å². The summed E-state index contributed by atoms with van der Waals surface area (Å²) in [5.74, 6) is -1.00. The largest absolute Gasteiger partial charge is 0.481 e. The van der Waals surface area contributed by atoms with Gasteiger partial charge in [0.25, 0.3) is 5.56 Å². The number of aromatic amines is 1. The summed E-state index contributed by atoms with van der Waals surface area (Å²) >= 11 is 5.12. The van der Waals surface area contributed by atoms with Gasteiger partial charge in [-0.2, -0.15) is 14.9 Å². The first kappa shape index (κ1) is 18.7. The number of nitrogens with one attached hydrogen (secondary N) is 1. The number of carbonyl (C=O) groups is 1. The molecule has 0 aliphatic carbocycles. The first-order valence-corrected chi connectivity index (χ1v) is 8.89. The van der Waals surface area contributed by atoms with E-state index < -0.39 is 11.5 Å². The Morgan fingerprint density at radius 2 is 2.15 bits per heavy atom. The number of fused-ring (bicyclic) bond motifs is 1. The minimum absolute atomic E-state index is 0.00394. The zero-order valence-electron chi connectivity index (χ0n) is 15.0. The van der Waals surface area contributed by atoms with Gasteiger partial charge in [-0.15, -0.1) is 0 Å². The van der Waals surface area contributed by atoms with Crippen LogP contribution in [-0.4, -0.2) is 36.7 Å². The molecular formula is C18H19N5O3S. The van der Waals surface area contributed by atoms with Crippen molar-refractivity contribution in [3.05, 3.63) is 56.3 Å². The molecule has 3 aromatic rings. The van der Waals surface area contributed by atoms with Crippen molar-refractivity contribution in [2.75, 3.05) is 0 Å². The molecule has 0 radical (unpaired) electrons. The van der Waals surface area contributed by atoms with E-state index in [1.807, 2.05) is 31.2 Å². The third-order valence-electron chi connectivity index (χ3n) is 4.39. The van der Waals surface area contributed by atoms with Crippen molar-refractivity contribution >= 4 is 35.3 Å². The van der Waals surface area contributed by atoms with Gasteiger partial charge in [0.05, 0.1) is 12.6 Å². The molecule has 140 valence electrons. The van der Waals surface area contributed by atoms with Crippen molar-refractivity contribution in [1.82, 2.24) is 19.4 Å². The highest BCUT2D eigenvalue weighted by molar-refractivity contribution is 7.71. The second kappa shape index (κ2) is 7.67. The van der Waals surface area contributed by atoms with Crippen LogP contribution in [0, 0.1) is 11.7 Å². The summed E-state index contributed by atoms with van der Waals surface area (Å²) in [6, 6.07) is 7.98. The second-order valence-corrected chi connectivity index (χ2v) is 6.38. The fourth-order valence-electron chi connectivity index (χ4n) is 3.06. The topological polar surface area (TPSA) is 105 Å². The maximum Gasteiger partial charge on any atom is 0.303 e. The van der Waals surface area contributed by atoms with Gasteiger partial charge in [0, 0.05) is 35.1 Å². The van der Waals surface area contributed by atoms with Crippen LogP contribution < -0.4 is 5.56 Å². The highest BCUT2D eigenvalue weighted by Crippen LogP contribution is 2.24. The summed E-state index contributed by atoms with van der Waals surface area (Å²) in [5.41, 5.74) is 2.58. The molecule has 0 saturated heterocycles. The van der Waals surface area contributed by atoms with Gasteiger partial charge >= 0.3 is 5.97 Å². The Morgan fingerprint density at radius 3 is 2.85 bits per heavy atom. The molecule has 0 atom stereocenters. The number of H-pyrrole nitrogens is 1. The van der Waals surface area contributed by atoms with E-state index in [1.54, 1.807) is 6.21 Å². The standard InChI is InChI=1S/C18H19N5O3S/c1-3-22-11(2)13(12-6-4-5-7-15(12)22)10-19-23-17(26)14(8-9-16(24)25)20-21-18(23)27/h4-7,10H,3,8-9H2,1-2H3,(H,21,27)(H,24,25)/b19-10-. The Bertz CT molecular complexity index is 1160. The number of hydrogen-bond donors (Lipinski definition) is 2. The molecular weight excluding hydrogens is 366 g/mol. The van der Waals surface area contributed by atoms with E-state index in [0.29, 0.717) is 0 Å². The summed E-state index contributed by atoms with van der Waals surface area (Å²) < 4.78 is 3.26. The molecule has 0 unspecified atom stereocenters. The lowest BCUT2D eigenvalue weighted by Gasteiger charge is -2.03. The van der Waals surface area contributed by atoms with Gasteiger partial charge in [-0.05, 0) is 32.1 Å². The van der Waals surface area contributed by atoms with Crippen LogP contribution in [0.15, 0.2) is 34.2 Å². The zero-order valence-corrected chi connectivity index (χ0v) is 15.8. The number of carboxylic acids is 1. The smallest absolute Gasteiger partial charge is 0.303 e. The molecule has 8 nitrogen and oxygen atoms in total. The minimum Gasteiger partial charge on any atom is -0.481 e. The van der Waals surface area contributed by atoms with Gasteiger partial charge < -0.3 is 9.67 Å². The molecule has 2 N–H and O–H groups in total. The number of benzene rings is 1. The van der Waals surface area contributed by atoms with Crippen molar-refractivity contribution in [3.8, 4) is 0 Å². The van der Waals surface area contributed by atoms with Gasteiger partial charge in [0.15, 0.2) is 0 Å². The van der Waals surface area contributed by atoms with E-state index in [4.69, 9.17) is 17.3 Å². The van der Waals surface area contributed by atoms with E-state index >= 15 is 0 Å². The second-order valence-electron chi connectivity index (χ2n) is 5.99. The van der Waals surface area contributed by atoms with Crippen molar-refractivity contribution in [2.24, 2.45) is 5.10 Å². The number of hydrogen-bond acceptors (Lipinski definition) is 5. The summed E-state index contributed by atoms with van der Waals surface area (Å²) in [7, 11) is 0. The Kier molecular flexibility index (Phi) is 5.31. The Balaban J connectivity index is 2.07. The molecule has 2 aromatic heterocycles. The van der Waals surface area contributed by atoms with Gasteiger partial charge in [-0.25, -0.2) is 0 Å². The van der Waals surface area contributed by atoms with Crippen LogP contribution in [0.4, 0.5) is 0 Å². The quantitative estimate of drug-likeness (QED) is 0.501. The molecule has 9 heteroatoms. The molecule has 3 rings (SSSR count). The van der Waals surface area contributed by atoms with Crippen LogP contribution in [0.5, 0.6) is 0 Å². The Labute approximate surface area is 159 Å². The first-order chi connectivity index (χ1) is 12.9. The van der Waals surface area contributed by atoms with Crippen LogP contribution >= 0.6 is 12.2 Å². The maximum absolute atomic E-state index is 12.5. The Morgan fingerprint density at radius 1 is 1.41 bits per heavy atom. The van der Waals surface area contributed by atoms with Crippen LogP contribution in [0.2, 0.25) is 0 Å². The minimum atomic E-state index is -1.00. The number of nitrogens with zero attached hydrogens (tertiary/aromatic N) is 4. The molecule has 0 saturated carbocycles. The van der Waals surface area contributed by atoms with Gasteiger partial charge in [0.1, 0.15) is 5.69 Å². The number of para-hydroxylation sites is 1. The third-order valence-corrected chi connectivity index (χ3v) is 4.66. The maximum atomic E-state index is 12.5. The predicted molar refractivity (Wildman–Crippen MR) is 105 cm³/mol. The molecule has 0 bridgehead atoms. The van der Waals surface area contributed by atoms with Crippen molar-refractivity contribution in [1.29, 1.82) is 0 Å². The fraction of sp³-hybridized carbons (Fsp3) is 0.278. The number of carboxylic acid groups (broad SMARTS) is 1. The van der Waals surface area contributed by atoms with Crippen LogP contribution in [0.3, 0.4) is 0 Å². The van der Waals surface area contributed by atoms with E-state index in [2.05, 4.69) is 26.8 Å². The lowest BCUT2D eigenvalue weighted by atomic mass is 10.1. The first-order valence-electron chi connectivity index (χ1n) is 8.48. The van der Waals surface area contributed by atoms with Crippen LogP contribution in [-0.2, 0) is 17.8 Å². The third kappa shape index (κ3) is 3.59. The van der Waals surface area contributed by atoms with E-state index in [0.717, 1.165) is 33.4 Å². The Hall–Kier alpha value is -3.07. The van der Waals surface area contributed by atoms with Gasteiger partial charge in [0.2, 0.25) is 4.77 Å². The molecule has 0 amide bonds. The van der Waals surface area contributed by atoms with Crippen LogP contribution in [0.1, 0.15) is 30.3 Å². The van der Waals surface area contributed by atoms with Crippen LogP contribution in [0.25, 0.3) is 10.9 Å². The van der Waals surface area contributed by atoms with E-state index in [1.165, 1.54) is 0 Å². The molecule has 0 spiro atoms. The SMILES string of the molecule is CCn1c(C)c(/C=N\n2c(=S)[nH]nc(CCC(=O)O)c2=O)c2ccccc21. The molecule has 1 aromatic carbocycles. The normalized spacial score (nSPS) is 11.5. The number of aliphatic carboxylic acids is 1. The highest BCUT2D eigenvalue weighted by atomic mass is 32.1. The molecule has 0 aliphatic rings. The number of aromatic nitrogens is 4. The molecule has 0 aliphatic heterocycles. The average Bonchev–Trinajstić information content (AvgIpc) is 2.92. The lowest BCUT2D eigenvalue weighted by Crippen LogP contribution is -2.25. The van der Waals surface area contributed by atoms with Crippen molar-refractivity contribution in [2.45, 2.75) is 33.2 Å². The summed E-state index contributed by atoms with van der Waals surface area (Å²) in [5, 5.41) is 20.5. The highest BCUT2D eigenvalue weighted by Gasteiger charge is 2.12. The molecule has 0 fully saturated rings. The molecule has 27 heavy (non-hydrogen) atoms. The number of rotatable bonds is 6. The number of aryl methyl sites for hydroxylation is 2. The van der Waals surface area contributed by atoms with Gasteiger partial charge in [-0.1, -0.05) is 18.2 Å². The van der Waals surface area contributed by atoms with E-state index in [-0.39, 0.29) is 23.3 Å². The zero-order chi connectivity index (χ0) is 19.6. The average molecular weight is 385 g/mol. The summed E-state index contributed by atoms with van der Waals surface area (Å²) in [4.78, 5) is 23.3. The fourth-order valence-corrected chi connectivity index (χ4v) is 3.24. The molecule has 2 heterocycles. The summed E-state index contributed by atoms with van der Waals surface area (Å²) in [6.07, 6.45) is 1.42. The lowest BCUT2D eigenvalue weighted by molar-refractivity contribution is -0.136. The van der Waals surface area contributed by atoms with E-state index in [9.17, 15) is 9.59 Å².